The molecule has 2 N–H and O–H groups in total. The molecule has 1 heterocycles. The number of amides is 1. The smallest absolute Gasteiger partial charge is 0.260 e. The van der Waals surface area contributed by atoms with E-state index in [1.807, 2.05) is 54.8 Å². The number of nitrogens with zero attached hydrogens (tertiary/aromatic N) is 3. The molecule has 1 amide bonds. The third kappa shape index (κ3) is 3.52. The Balaban J connectivity index is 1.76. The van der Waals surface area contributed by atoms with E-state index in [1.165, 1.54) is 0 Å². The Morgan fingerprint density at radius 3 is 2.80 bits per heavy atom. The number of carbonyl (C=O) groups is 1. The molecule has 6 heteroatoms. The van der Waals surface area contributed by atoms with Crippen LogP contribution in [0.2, 0.25) is 0 Å². The number of rotatable bonds is 4. The van der Waals surface area contributed by atoms with Gasteiger partial charge in [-0.2, -0.15) is 5.10 Å². The van der Waals surface area contributed by atoms with Gasteiger partial charge < -0.3 is 9.67 Å². The van der Waals surface area contributed by atoms with E-state index in [2.05, 4.69) is 15.5 Å². The van der Waals surface area contributed by atoms with E-state index in [0.717, 1.165) is 22.4 Å². The minimum absolute atomic E-state index is 0.128. The van der Waals surface area contributed by atoms with E-state index >= 15 is 0 Å². The lowest BCUT2D eigenvalue weighted by Gasteiger charge is -2.08. The highest BCUT2D eigenvalue weighted by molar-refractivity contribution is 6.01. The number of phenolic OH excluding ortho intramolecular Hbond substituents is 1. The first-order chi connectivity index (χ1) is 12.0. The molecule has 0 saturated heterocycles. The fraction of sp³-hybridized carbons (Fsp3) is 0.211. The number of carbonyl (C=O) groups excluding carboxylic acids is 1. The Morgan fingerprint density at radius 1 is 1.24 bits per heavy atom. The van der Waals surface area contributed by atoms with Crippen molar-refractivity contribution < 1.29 is 9.90 Å². The second kappa shape index (κ2) is 6.76. The lowest BCUT2D eigenvalue weighted by Crippen LogP contribution is -2.24. The molecule has 0 aliphatic carbocycles. The van der Waals surface area contributed by atoms with Crippen molar-refractivity contribution >= 4 is 22.7 Å². The van der Waals surface area contributed by atoms with Crippen molar-refractivity contribution in [1.82, 2.24) is 15.0 Å². The Hall–Kier alpha value is -3.15. The molecule has 0 saturated carbocycles. The summed E-state index contributed by atoms with van der Waals surface area (Å²) < 4.78 is 1.85. The van der Waals surface area contributed by atoms with Crippen molar-refractivity contribution in [3.05, 3.63) is 59.4 Å². The van der Waals surface area contributed by atoms with Gasteiger partial charge in [0.25, 0.3) is 5.91 Å². The summed E-state index contributed by atoms with van der Waals surface area (Å²) in [7, 11) is 0. The summed E-state index contributed by atoms with van der Waals surface area (Å²) in [6.07, 6.45) is 0. The van der Waals surface area contributed by atoms with Crippen LogP contribution in [0.4, 0.5) is 0 Å². The third-order valence-electron chi connectivity index (χ3n) is 4.04. The summed E-state index contributed by atoms with van der Waals surface area (Å²) in [4.78, 5) is 16.7. The molecule has 0 aliphatic heterocycles. The summed E-state index contributed by atoms with van der Waals surface area (Å²) in [6, 6.07) is 12.9. The molecule has 0 atom stereocenters. The number of aromatic nitrogens is 2. The maximum atomic E-state index is 12.3. The number of hydrogen-bond donors (Lipinski definition) is 2. The van der Waals surface area contributed by atoms with Gasteiger partial charge >= 0.3 is 0 Å². The van der Waals surface area contributed by atoms with E-state index in [1.54, 1.807) is 13.0 Å². The molecule has 0 bridgehead atoms. The van der Waals surface area contributed by atoms with Gasteiger partial charge in [-0.1, -0.05) is 23.8 Å². The molecular formula is C19H20N4O2. The highest BCUT2D eigenvalue weighted by atomic mass is 16.3. The standard InChI is InChI=1S/C19H20N4O2/c1-12-8-9-18(24)15(10-12)13(2)21-22-19(25)11-23-14(3)20-16-6-4-5-7-17(16)23/h4-10,24H,11H2,1-3H3,(H,22,25)/b21-13+. The number of hydrogen-bond acceptors (Lipinski definition) is 4. The number of benzene rings is 2. The number of nitrogens with one attached hydrogen (secondary N) is 1. The van der Waals surface area contributed by atoms with Crippen LogP contribution in [0.1, 0.15) is 23.9 Å². The summed E-state index contributed by atoms with van der Waals surface area (Å²) in [5.74, 6) is 0.656. The van der Waals surface area contributed by atoms with E-state index in [4.69, 9.17) is 0 Å². The van der Waals surface area contributed by atoms with Crippen molar-refractivity contribution in [1.29, 1.82) is 0 Å². The number of para-hydroxylation sites is 2. The molecule has 0 fully saturated rings. The van der Waals surface area contributed by atoms with E-state index in [9.17, 15) is 9.90 Å². The zero-order valence-corrected chi connectivity index (χ0v) is 14.4. The Kier molecular flexibility index (Phi) is 4.52. The quantitative estimate of drug-likeness (QED) is 0.568. The molecule has 3 rings (SSSR count). The first kappa shape index (κ1) is 16.7. The Bertz CT molecular complexity index is 973. The average Bonchev–Trinajstić information content (AvgIpc) is 2.90. The van der Waals surface area contributed by atoms with Crippen molar-refractivity contribution in [3.8, 4) is 5.75 Å². The van der Waals surface area contributed by atoms with Gasteiger partial charge in [-0.25, -0.2) is 10.4 Å². The molecule has 6 nitrogen and oxygen atoms in total. The highest BCUT2D eigenvalue weighted by Crippen LogP contribution is 2.19. The van der Waals surface area contributed by atoms with Gasteiger partial charge in [0.05, 0.1) is 16.7 Å². The van der Waals surface area contributed by atoms with Crippen LogP contribution in [0, 0.1) is 13.8 Å². The second-order valence-electron chi connectivity index (χ2n) is 5.99. The van der Waals surface area contributed by atoms with E-state index < -0.39 is 0 Å². The molecule has 3 aromatic rings. The summed E-state index contributed by atoms with van der Waals surface area (Å²) >= 11 is 0. The number of aryl methyl sites for hydroxylation is 2. The second-order valence-corrected chi connectivity index (χ2v) is 5.99. The zero-order chi connectivity index (χ0) is 18.0. The molecule has 2 aromatic carbocycles. The number of fused-ring (bicyclic) bond motifs is 1. The van der Waals surface area contributed by atoms with Crippen LogP contribution in [0.25, 0.3) is 11.0 Å². The Morgan fingerprint density at radius 2 is 2.00 bits per heavy atom. The SMILES string of the molecule is C/C(=N\NC(=O)Cn1c(C)nc2ccccc21)c1cc(C)ccc1O. The minimum Gasteiger partial charge on any atom is -0.507 e. The Labute approximate surface area is 145 Å². The van der Waals surface area contributed by atoms with Gasteiger partial charge in [0.15, 0.2) is 0 Å². The van der Waals surface area contributed by atoms with Gasteiger partial charge in [0.2, 0.25) is 0 Å². The molecule has 1 aromatic heterocycles. The molecule has 0 radical (unpaired) electrons. The molecule has 0 spiro atoms. The van der Waals surface area contributed by atoms with Crippen LogP contribution >= 0.6 is 0 Å². The first-order valence-electron chi connectivity index (χ1n) is 8.00. The number of hydrazone groups is 1. The maximum absolute atomic E-state index is 12.3. The normalized spacial score (nSPS) is 11.7. The fourth-order valence-electron chi connectivity index (χ4n) is 2.72. The van der Waals surface area contributed by atoms with Gasteiger partial charge in [-0.15, -0.1) is 0 Å². The average molecular weight is 336 g/mol. The van der Waals surface area contributed by atoms with Crippen LogP contribution in [-0.2, 0) is 11.3 Å². The first-order valence-corrected chi connectivity index (χ1v) is 8.00. The van der Waals surface area contributed by atoms with Crippen LogP contribution in [-0.4, -0.2) is 26.3 Å². The van der Waals surface area contributed by atoms with Gasteiger partial charge in [0, 0.05) is 5.56 Å². The number of aromatic hydroxyl groups is 1. The van der Waals surface area contributed by atoms with Crippen molar-refractivity contribution in [2.45, 2.75) is 27.3 Å². The number of phenols is 1. The summed E-state index contributed by atoms with van der Waals surface area (Å²) in [5, 5.41) is 14.0. The van der Waals surface area contributed by atoms with E-state index in [-0.39, 0.29) is 18.2 Å². The van der Waals surface area contributed by atoms with Crippen LogP contribution in [0.5, 0.6) is 5.75 Å². The monoisotopic (exact) mass is 336 g/mol. The van der Waals surface area contributed by atoms with Crippen LogP contribution < -0.4 is 5.43 Å². The number of imidazole rings is 1. The van der Waals surface area contributed by atoms with Crippen molar-refractivity contribution in [3.63, 3.8) is 0 Å². The molecular weight excluding hydrogens is 316 g/mol. The molecule has 0 aliphatic rings. The zero-order valence-electron chi connectivity index (χ0n) is 14.4. The van der Waals surface area contributed by atoms with Gasteiger partial charge in [0.1, 0.15) is 18.1 Å². The molecule has 128 valence electrons. The lowest BCUT2D eigenvalue weighted by atomic mass is 10.1. The summed E-state index contributed by atoms with van der Waals surface area (Å²) in [6.45, 7) is 5.67. The predicted molar refractivity (Wildman–Crippen MR) is 97.7 cm³/mol. The van der Waals surface area contributed by atoms with Crippen LogP contribution in [0.3, 0.4) is 0 Å². The maximum Gasteiger partial charge on any atom is 0.260 e. The predicted octanol–water partition coefficient (Wildman–Crippen LogP) is 2.90. The van der Waals surface area contributed by atoms with Gasteiger partial charge in [-0.3, -0.25) is 4.79 Å². The van der Waals surface area contributed by atoms with Crippen molar-refractivity contribution in [2.24, 2.45) is 5.10 Å². The highest BCUT2D eigenvalue weighted by Gasteiger charge is 2.11. The largest absolute Gasteiger partial charge is 0.507 e. The molecule has 25 heavy (non-hydrogen) atoms. The van der Waals surface area contributed by atoms with Gasteiger partial charge in [-0.05, 0) is 45.0 Å². The van der Waals surface area contributed by atoms with Crippen LogP contribution in [0.15, 0.2) is 47.6 Å². The van der Waals surface area contributed by atoms with E-state index in [0.29, 0.717) is 11.3 Å². The topological polar surface area (TPSA) is 79.5 Å². The summed E-state index contributed by atoms with van der Waals surface area (Å²) in [5.41, 5.74) is 6.47. The third-order valence-corrected chi connectivity index (χ3v) is 4.04. The lowest BCUT2D eigenvalue weighted by molar-refractivity contribution is -0.121. The van der Waals surface area contributed by atoms with Crippen molar-refractivity contribution in [2.75, 3.05) is 0 Å². The minimum atomic E-state index is -0.252. The fourth-order valence-corrected chi connectivity index (χ4v) is 2.72. The molecule has 0 unspecified atom stereocenters.